The number of nitrogens with two attached hydrogens (primary N) is 1. The summed E-state index contributed by atoms with van der Waals surface area (Å²) in [7, 11) is 0. The van der Waals surface area contributed by atoms with Crippen LogP contribution in [0.5, 0.6) is 0 Å². The summed E-state index contributed by atoms with van der Waals surface area (Å²) in [5.74, 6) is 0.455. The third kappa shape index (κ3) is 6.68. The van der Waals surface area contributed by atoms with Crippen LogP contribution in [0.15, 0.2) is 58.3 Å². The van der Waals surface area contributed by atoms with E-state index in [4.69, 9.17) is 5.73 Å². The van der Waals surface area contributed by atoms with Gasteiger partial charge in [-0.25, -0.2) is 4.98 Å². The maximum Gasteiger partial charge on any atom is 0.255 e. The van der Waals surface area contributed by atoms with Crippen LogP contribution in [0, 0.1) is 12.8 Å². The van der Waals surface area contributed by atoms with Crippen molar-refractivity contribution < 1.29 is 9.59 Å². The Morgan fingerprint density at radius 3 is 2.56 bits per heavy atom. The van der Waals surface area contributed by atoms with Gasteiger partial charge in [-0.15, -0.1) is 11.3 Å². The molecule has 34 heavy (non-hydrogen) atoms. The van der Waals surface area contributed by atoms with Gasteiger partial charge in [-0.05, 0) is 68.6 Å². The van der Waals surface area contributed by atoms with Crippen LogP contribution in [0.25, 0.3) is 0 Å². The smallest absolute Gasteiger partial charge is 0.255 e. The van der Waals surface area contributed by atoms with Crippen molar-refractivity contribution in [2.75, 3.05) is 25.0 Å². The lowest BCUT2D eigenvalue weighted by molar-refractivity contribution is -0.123. The third-order valence-corrected chi connectivity index (χ3v) is 8.32. The zero-order valence-electron chi connectivity index (χ0n) is 19.3. The molecule has 4 rings (SSSR count). The predicted molar refractivity (Wildman–Crippen MR) is 139 cm³/mol. The lowest BCUT2D eigenvalue weighted by atomic mass is 9.96. The summed E-state index contributed by atoms with van der Waals surface area (Å²) in [5.41, 5.74) is 10.1. The molecule has 3 aromatic rings. The Labute approximate surface area is 209 Å². The van der Waals surface area contributed by atoms with E-state index in [-0.39, 0.29) is 17.7 Å². The molecular formula is C26H30N4O2S2. The Bertz CT molecular complexity index is 1120. The zero-order chi connectivity index (χ0) is 23.9. The van der Waals surface area contributed by atoms with Gasteiger partial charge in [0, 0.05) is 40.5 Å². The van der Waals surface area contributed by atoms with Gasteiger partial charge >= 0.3 is 0 Å². The summed E-state index contributed by atoms with van der Waals surface area (Å²) >= 11 is 3.28. The van der Waals surface area contributed by atoms with Crippen LogP contribution in [0.4, 0.5) is 5.69 Å². The van der Waals surface area contributed by atoms with Crippen LogP contribution in [0.2, 0.25) is 0 Å². The molecule has 3 N–H and O–H groups in total. The van der Waals surface area contributed by atoms with E-state index >= 15 is 0 Å². The van der Waals surface area contributed by atoms with Gasteiger partial charge in [0.05, 0.1) is 0 Å². The van der Waals surface area contributed by atoms with Crippen molar-refractivity contribution in [1.29, 1.82) is 0 Å². The molecular weight excluding hydrogens is 464 g/mol. The first-order chi connectivity index (χ1) is 16.5. The number of piperidine rings is 1. The molecule has 0 radical (unpaired) electrons. The van der Waals surface area contributed by atoms with E-state index in [9.17, 15) is 9.59 Å². The molecule has 0 spiro atoms. The molecule has 0 saturated carbocycles. The summed E-state index contributed by atoms with van der Waals surface area (Å²) in [6.07, 6.45) is 2.64. The monoisotopic (exact) mass is 494 g/mol. The van der Waals surface area contributed by atoms with Crippen molar-refractivity contribution in [1.82, 2.24) is 9.88 Å². The molecule has 8 heteroatoms. The number of thiazole rings is 1. The molecule has 0 unspecified atom stereocenters. The first-order valence-electron chi connectivity index (χ1n) is 11.5. The minimum Gasteiger partial charge on any atom is -0.369 e. The molecule has 1 aliphatic rings. The van der Waals surface area contributed by atoms with Gasteiger partial charge < -0.3 is 16.0 Å². The Hall–Kier alpha value is -2.68. The molecule has 0 aliphatic carbocycles. The molecule has 0 atom stereocenters. The summed E-state index contributed by atoms with van der Waals surface area (Å²) < 4.78 is 1.01. The standard InChI is InChI=1S/C26H30N4O2S2/c1-18-16-33-26(28-18)34-17-21-4-2-3-5-23(21)25(32)29-22-8-6-19(7-9-22)10-13-30-14-11-20(12-15-30)24(27)31/h2-9,16,20H,10-15,17H2,1H3,(H2,27,31)(H,29,32). The number of aryl methyl sites for hydroxylation is 1. The highest BCUT2D eigenvalue weighted by molar-refractivity contribution is 8.00. The highest BCUT2D eigenvalue weighted by Gasteiger charge is 2.22. The molecule has 1 saturated heterocycles. The fourth-order valence-electron chi connectivity index (χ4n) is 4.09. The van der Waals surface area contributed by atoms with Crippen molar-refractivity contribution in [3.05, 3.63) is 76.3 Å². The molecule has 178 valence electrons. The number of benzene rings is 2. The summed E-state index contributed by atoms with van der Waals surface area (Å²) in [4.78, 5) is 31.2. The lowest BCUT2D eigenvalue weighted by Crippen LogP contribution is -2.39. The maximum absolute atomic E-state index is 13.0. The number of amides is 2. The highest BCUT2D eigenvalue weighted by atomic mass is 32.2. The van der Waals surface area contributed by atoms with Crippen LogP contribution in [0.3, 0.4) is 0 Å². The number of rotatable bonds is 9. The summed E-state index contributed by atoms with van der Waals surface area (Å²) in [6.45, 7) is 4.78. The van der Waals surface area contributed by atoms with Gasteiger partial charge in [0.1, 0.15) is 4.34 Å². The first kappa shape index (κ1) is 24.4. The average Bonchev–Trinajstić information content (AvgIpc) is 3.27. The highest BCUT2D eigenvalue weighted by Crippen LogP contribution is 2.27. The molecule has 6 nitrogen and oxygen atoms in total. The number of hydrogen-bond acceptors (Lipinski definition) is 6. The summed E-state index contributed by atoms with van der Waals surface area (Å²) in [5, 5.41) is 5.07. The van der Waals surface area contributed by atoms with Crippen molar-refractivity contribution >= 4 is 40.6 Å². The van der Waals surface area contributed by atoms with E-state index in [2.05, 4.69) is 27.3 Å². The van der Waals surface area contributed by atoms with Crippen LogP contribution in [0.1, 0.15) is 40.0 Å². The van der Waals surface area contributed by atoms with Crippen LogP contribution in [-0.4, -0.2) is 41.3 Å². The molecule has 2 heterocycles. The minimum absolute atomic E-state index is 0.0272. The summed E-state index contributed by atoms with van der Waals surface area (Å²) in [6, 6.07) is 15.8. The topological polar surface area (TPSA) is 88.3 Å². The number of nitrogens with zero attached hydrogens (tertiary/aromatic N) is 2. The molecule has 2 aromatic carbocycles. The van der Waals surface area contributed by atoms with Gasteiger partial charge in [-0.3, -0.25) is 9.59 Å². The number of carbonyl (C=O) groups is 2. The molecule has 1 fully saturated rings. The van der Waals surface area contributed by atoms with Crippen LogP contribution < -0.4 is 11.1 Å². The molecule has 0 bridgehead atoms. The first-order valence-corrected chi connectivity index (χ1v) is 13.4. The number of nitrogens with one attached hydrogen (secondary N) is 1. The van der Waals surface area contributed by atoms with E-state index in [1.54, 1.807) is 23.1 Å². The lowest BCUT2D eigenvalue weighted by Gasteiger charge is -2.30. The van der Waals surface area contributed by atoms with E-state index in [1.165, 1.54) is 5.56 Å². The molecule has 1 aliphatic heterocycles. The number of aromatic nitrogens is 1. The largest absolute Gasteiger partial charge is 0.369 e. The van der Waals surface area contributed by atoms with Crippen LogP contribution in [-0.2, 0) is 17.0 Å². The number of hydrogen-bond donors (Lipinski definition) is 2. The van der Waals surface area contributed by atoms with E-state index in [0.29, 0.717) is 11.3 Å². The van der Waals surface area contributed by atoms with Gasteiger partial charge in [-0.1, -0.05) is 42.1 Å². The van der Waals surface area contributed by atoms with Gasteiger partial charge in [0.25, 0.3) is 5.91 Å². The number of anilines is 1. The van der Waals surface area contributed by atoms with E-state index in [0.717, 1.165) is 60.2 Å². The minimum atomic E-state index is -0.173. The predicted octanol–water partition coefficient (Wildman–Crippen LogP) is 4.74. The molecule has 2 amide bonds. The number of likely N-dealkylation sites (tertiary alicyclic amines) is 1. The average molecular weight is 495 g/mol. The Morgan fingerprint density at radius 2 is 1.88 bits per heavy atom. The van der Waals surface area contributed by atoms with Crippen LogP contribution >= 0.6 is 23.1 Å². The SMILES string of the molecule is Cc1csc(SCc2ccccc2C(=O)Nc2ccc(CCN3CCC(C(N)=O)CC3)cc2)n1. The molecule has 1 aromatic heterocycles. The van der Waals surface area contributed by atoms with Crippen molar-refractivity contribution in [3.8, 4) is 0 Å². The fraction of sp³-hybridized carbons (Fsp3) is 0.346. The number of carbonyl (C=O) groups excluding carboxylic acids is 2. The second kappa shape index (κ2) is 11.6. The number of thioether (sulfide) groups is 1. The number of primary amides is 1. The zero-order valence-corrected chi connectivity index (χ0v) is 21.0. The van der Waals surface area contributed by atoms with Gasteiger partial charge in [0.2, 0.25) is 5.91 Å². The van der Waals surface area contributed by atoms with Crippen molar-refractivity contribution in [3.63, 3.8) is 0 Å². The normalized spacial score (nSPS) is 14.7. The quantitative estimate of drug-likeness (QED) is 0.420. The maximum atomic E-state index is 13.0. The second-order valence-electron chi connectivity index (χ2n) is 8.62. The van der Waals surface area contributed by atoms with Crippen molar-refractivity contribution in [2.24, 2.45) is 11.7 Å². The third-order valence-electron chi connectivity index (χ3n) is 6.13. The Morgan fingerprint density at radius 1 is 1.15 bits per heavy atom. The van der Waals surface area contributed by atoms with Gasteiger partial charge in [0.15, 0.2) is 0 Å². The second-order valence-corrected chi connectivity index (χ2v) is 10.7. The fourth-order valence-corrected chi connectivity index (χ4v) is 5.94. The van der Waals surface area contributed by atoms with Gasteiger partial charge in [-0.2, -0.15) is 0 Å². The Balaban J connectivity index is 1.29. The van der Waals surface area contributed by atoms with E-state index in [1.807, 2.05) is 48.7 Å². The Kier molecular flexibility index (Phi) is 8.37. The van der Waals surface area contributed by atoms with Crippen molar-refractivity contribution in [2.45, 2.75) is 36.3 Å². The van der Waals surface area contributed by atoms with E-state index < -0.39 is 0 Å².